The molecule has 0 unspecified atom stereocenters. The molecule has 1 aromatic heterocycles. The van der Waals surface area contributed by atoms with Crippen LogP contribution in [-0.4, -0.2) is 22.1 Å². The molecule has 1 aliphatic rings. The van der Waals surface area contributed by atoms with E-state index in [2.05, 4.69) is 15.5 Å². The summed E-state index contributed by atoms with van der Waals surface area (Å²) in [6, 6.07) is 1.58. The van der Waals surface area contributed by atoms with Gasteiger partial charge in [0.15, 0.2) is 0 Å². The molecule has 0 radical (unpaired) electrons. The van der Waals surface area contributed by atoms with Crippen LogP contribution in [0.3, 0.4) is 0 Å². The molecule has 6 nitrogen and oxygen atoms in total. The fraction of sp³-hybridized carbons (Fsp3) is 0.364. The standard InChI is InChI=1S/C11H12ClN3O3/c12-6-1-2-7(11(17)18)8(5-6)10(16)14-9-3-4-13-15-9/h1,3-4,7-8H,2,5H2,(H,17,18)(H2,13,14,15,16)/p-1/t7-,8-/m1/s1. The van der Waals surface area contributed by atoms with Crippen LogP contribution in [0.4, 0.5) is 5.82 Å². The Kier molecular flexibility index (Phi) is 3.66. The minimum atomic E-state index is -1.24. The summed E-state index contributed by atoms with van der Waals surface area (Å²) in [4.78, 5) is 23.0. The maximum atomic E-state index is 12.0. The number of amides is 1. The van der Waals surface area contributed by atoms with Crippen molar-refractivity contribution in [3.63, 3.8) is 0 Å². The van der Waals surface area contributed by atoms with Crippen molar-refractivity contribution >= 4 is 29.3 Å². The summed E-state index contributed by atoms with van der Waals surface area (Å²) in [6.07, 6.45) is 3.52. The number of hydrogen-bond donors (Lipinski definition) is 2. The highest BCUT2D eigenvalue weighted by Gasteiger charge is 2.32. The maximum Gasteiger partial charge on any atom is 0.229 e. The molecular weight excluding hydrogens is 258 g/mol. The third kappa shape index (κ3) is 2.70. The molecule has 1 aromatic rings. The second-order valence-corrected chi connectivity index (χ2v) is 4.57. The molecule has 1 amide bonds. The molecular formula is C11H11ClN3O3-. The smallest absolute Gasteiger partial charge is 0.229 e. The van der Waals surface area contributed by atoms with Crippen molar-refractivity contribution in [3.8, 4) is 0 Å². The van der Waals surface area contributed by atoms with Crippen LogP contribution >= 0.6 is 11.6 Å². The van der Waals surface area contributed by atoms with Crippen LogP contribution < -0.4 is 10.4 Å². The van der Waals surface area contributed by atoms with Crippen molar-refractivity contribution in [1.82, 2.24) is 10.2 Å². The van der Waals surface area contributed by atoms with E-state index in [0.29, 0.717) is 10.9 Å². The highest BCUT2D eigenvalue weighted by molar-refractivity contribution is 6.29. The number of carboxylic acids is 1. The lowest BCUT2D eigenvalue weighted by Crippen LogP contribution is -2.42. The molecule has 0 saturated carbocycles. The predicted octanol–water partition coefficient (Wildman–Crippen LogP) is 0.247. The van der Waals surface area contributed by atoms with E-state index in [1.807, 2.05) is 0 Å². The number of allylic oxidation sites excluding steroid dienone is 2. The second kappa shape index (κ2) is 5.22. The van der Waals surface area contributed by atoms with Crippen molar-refractivity contribution in [3.05, 3.63) is 23.4 Å². The van der Waals surface area contributed by atoms with Gasteiger partial charge >= 0.3 is 0 Å². The fourth-order valence-corrected chi connectivity index (χ4v) is 2.20. The zero-order valence-corrected chi connectivity index (χ0v) is 10.1. The number of carboxylic acid groups (broad SMARTS) is 1. The number of nitrogens with one attached hydrogen (secondary N) is 2. The first-order valence-electron chi connectivity index (χ1n) is 5.43. The van der Waals surface area contributed by atoms with Gasteiger partial charge in [0.1, 0.15) is 5.82 Å². The molecule has 2 atom stereocenters. The van der Waals surface area contributed by atoms with Gasteiger partial charge in [-0.2, -0.15) is 5.10 Å². The molecule has 1 aliphatic carbocycles. The third-order valence-corrected chi connectivity index (χ3v) is 3.20. The van der Waals surface area contributed by atoms with Gasteiger partial charge in [-0.15, -0.1) is 0 Å². The van der Waals surface area contributed by atoms with Crippen molar-refractivity contribution in [2.75, 3.05) is 5.32 Å². The summed E-state index contributed by atoms with van der Waals surface area (Å²) < 4.78 is 0. The van der Waals surface area contributed by atoms with E-state index in [1.54, 1.807) is 12.1 Å². The van der Waals surface area contributed by atoms with E-state index in [-0.39, 0.29) is 12.8 Å². The Morgan fingerprint density at radius 3 is 2.89 bits per heavy atom. The number of carbonyl (C=O) groups excluding carboxylic acids is 2. The van der Waals surface area contributed by atoms with Gasteiger partial charge in [-0.3, -0.25) is 9.89 Å². The zero-order chi connectivity index (χ0) is 13.1. The first-order valence-corrected chi connectivity index (χ1v) is 5.81. The Balaban J connectivity index is 2.11. The zero-order valence-electron chi connectivity index (χ0n) is 9.35. The largest absolute Gasteiger partial charge is 0.550 e. The van der Waals surface area contributed by atoms with Gasteiger partial charge in [-0.05, 0) is 12.8 Å². The number of hydrogen-bond acceptors (Lipinski definition) is 4. The summed E-state index contributed by atoms with van der Waals surface area (Å²) in [5, 5.41) is 20.3. The first kappa shape index (κ1) is 12.6. The Hall–Kier alpha value is -1.82. The number of carbonyl (C=O) groups is 2. The molecule has 96 valence electrons. The van der Waals surface area contributed by atoms with E-state index in [1.165, 1.54) is 6.20 Å². The number of H-pyrrole nitrogens is 1. The lowest BCUT2D eigenvalue weighted by Gasteiger charge is -2.29. The van der Waals surface area contributed by atoms with E-state index < -0.39 is 23.7 Å². The molecule has 0 saturated heterocycles. The summed E-state index contributed by atoms with van der Waals surface area (Å²) in [5.41, 5.74) is 0. The number of halogens is 1. The molecule has 7 heteroatoms. The van der Waals surface area contributed by atoms with Crippen LogP contribution in [0.2, 0.25) is 0 Å². The Morgan fingerprint density at radius 1 is 1.50 bits per heavy atom. The Labute approximate surface area is 108 Å². The number of aromatic nitrogens is 2. The first-order chi connectivity index (χ1) is 8.58. The molecule has 2 N–H and O–H groups in total. The van der Waals surface area contributed by atoms with Crippen LogP contribution in [0, 0.1) is 11.8 Å². The number of aromatic amines is 1. The van der Waals surface area contributed by atoms with Crippen molar-refractivity contribution < 1.29 is 14.7 Å². The van der Waals surface area contributed by atoms with E-state index in [9.17, 15) is 14.7 Å². The summed E-state index contributed by atoms with van der Waals surface area (Å²) in [7, 11) is 0. The summed E-state index contributed by atoms with van der Waals surface area (Å²) in [5.74, 6) is -2.80. The number of nitrogens with zero attached hydrogens (tertiary/aromatic N) is 1. The highest BCUT2D eigenvalue weighted by Crippen LogP contribution is 2.32. The van der Waals surface area contributed by atoms with Crippen molar-refractivity contribution in [2.24, 2.45) is 11.8 Å². The van der Waals surface area contributed by atoms with Crippen molar-refractivity contribution in [2.45, 2.75) is 12.8 Å². The van der Waals surface area contributed by atoms with Crippen LogP contribution in [0.1, 0.15) is 12.8 Å². The quantitative estimate of drug-likeness (QED) is 0.821. The molecule has 0 spiro atoms. The second-order valence-electron chi connectivity index (χ2n) is 4.08. The van der Waals surface area contributed by atoms with Gasteiger partial charge in [-0.1, -0.05) is 17.7 Å². The Bertz CT molecular complexity index is 484. The number of anilines is 1. The lowest BCUT2D eigenvalue weighted by atomic mass is 9.82. The van der Waals surface area contributed by atoms with Gasteiger partial charge in [0, 0.05) is 23.0 Å². The Morgan fingerprint density at radius 2 is 2.28 bits per heavy atom. The summed E-state index contributed by atoms with van der Waals surface area (Å²) in [6.45, 7) is 0. The lowest BCUT2D eigenvalue weighted by molar-refractivity contribution is -0.313. The van der Waals surface area contributed by atoms with E-state index in [4.69, 9.17) is 11.6 Å². The van der Waals surface area contributed by atoms with Crippen molar-refractivity contribution in [1.29, 1.82) is 0 Å². The third-order valence-electron chi connectivity index (χ3n) is 2.89. The molecule has 1 heterocycles. The van der Waals surface area contributed by atoms with Gasteiger partial charge in [0.25, 0.3) is 0 Å². The average molecular weight is 269 g/mol. The van der Waals surface area contributed by atoms with Crippen LogP contribution in [0.25, 0.3) is 0 Å². The normalized spacial score (nSPS) is 23.3. The summed E-state index contributed by atoms with van der Waals surface area (Å²) >= 11 is 5.85. The van der Waals surface area contributed by atoms with E-state index in [0.717, 1.165) is 0 Å². The highest BCUT2D eigenvalue weighted by atomic mass is 35.5. The number of aliphatic carboxylic acids is 1. The fourth-order valence-electron chi connectivity index (χ4n) is 1.94. The van der Waals surface area contributed by atoms with Gasteiger partial charge in [-0.25, -0.2) is 0 Å². The number of rotatable bonds is 3. The molecule has 2 rings (SSSR count). The van der Waals surface area contributed by atoms with Gasteiger partial charge in [0.2, 0.25) is 5.91 Å². The minimum Gasteiger partial charge on any atom is -0.550 e. The molecule has 0 aliphatic heterocycles. The topological polar surface area (TPSA) is 97.9 Å². The average Bonchev–Trinajstić information content (AvgIpc) is 2.81. The van der Waals surface area contributed by atoms with Crippen LogP contribution in [-0.2, 0) is 9.59 Å². The molecule has 0 aromatic carbocycles. The molecule has 0 fully saturated rings. The molecule has 0 bridgehead atoms. The van der Waals surface area contributed by atoms with Crippen LogP contribution in [0.5, 0.6) is 0 Å². The predicted molar refractivity (Wildman–Crippen MR) is 62.4 cm³/mol. The van der Waals surface area contributed by atoms with E-state index >= 15 is 0 Å². The minimum absolute atomic E-state index is 0.209. The van der Waals surface area contributed by atoms with Gasteiger partial charge < -0.3 is 15.2 Å². The SMILES string of the molecule is O=C([O-])[C@@H]1CC=C(Cl)C[C@H]1C(=O)Nc1ccn[nH]1. The van der Waals surface area contributed by atoms with Crippen LogP contribution in [0.15, 0.2) is 23.4 Å². The monoisotopic (exact) mass is 268 g/mol. The maximum absolute atomic E-state index is 12.0. The molecule has 18 heavy (non-hydrogen) atoms. The van der Waals surface area contributed by atoms with Gasteiger partial charge in [0.05, 0.1) is 12.1 Å².